The fourth-order valence-corrected chi connectivity index (χ4v) is 2.64. The Morgan fingerprint density at radius 2 is 2.11 bits per heavy atom. The smallest absolute Gasteiger partial charge is 0.119 e. The molecule has 1 aliphatic carbocycles. The summed E-state index contributed by atoms with van der Waals surface area (Å²) in [5.74, 6) is 0.983. The van der Waals surface area contributed by atoms with Gasteiger partial charge in [0.1, 0.15) is 5.76 Å². The van der Waals surface area contributed by atoms with Crippen LogP contribution in [0, 0.1) is 0 Å². The summed E-state index contributed by atoms with van der Waals surface area (Å²) in [5.41, 5.74) is 6.45. The third-order valence-corrected chi connectivity index (χ3v) is 3.48. The van der Waals surface area contributed by atoms with Crippen molar-refractivity contribution in [2.75, 3.05) is 7.05 Å². The Hall–Kier alpha value is -1.29. The van der Waals surface area contributed by atoms with Crippen molar-refractivity contribution in [2.45, 2.75) is 25.4 Å². The molecular formula is C15H19ClN2O. The van der Waals surface area contributed by atoms with Crippen LogP contribution in [0.25, 0.3) is 0 Å². The molecular weight excluding hydrogens is 260 g/mol. The highest BCUT2D eigenvalue weighted by molar-refractivity contribution is 5.85. The van der Waals surface area contributed by atoms with Gasteiger partial charge in [-0.25, -0.2) is 10.4 Å². The van der Waals surface area contributed by atoms with Crippen LogP contribution in [0.2, 0.25) is 0 Å². The minimum Gasteiger partial charge on any atom is -0.468 e. The van der Waals surface area contributed by atoms with Gasteiger partial charge in [0.15, 0.2) is 0 Å². The maximum Gasteiger partial charge on any atom is 0.119 e. The number of nitrogens with one attached hydrogen (secondary N) is 1. The summed E-state index contributed by atoms with van der Waals surface area (Å²) >= 11 is 0. The summed E-state index contributed by atoms with van der Waals surface area (Å²) in [6.45, 7) is 0.783. The van der Waals surface area contributed by atoms with Gasteiger partial charge < -0.3 is 4.42 Å². The van der Waals surface area contributed by atoms with Gasteiger partial charge in [0.2, 0.25) is 0 Å². The van der Waals surface area contributed by atoms with Crippen molar-refractivity contribution in [1.29, 1.82) is 0 Å². The average Bonchev–Trinajstić information content (AvgIpc) is 3.00. The SMILES string of the molecule is CN(Cc1ccco1)NC1CCc2ccccc21.Cl. The number of halogens is 1. The third-order valence-electron chi connectivity index (χ3n) is 3.48. The number of rotatable bonds is 4. The summed E-state index contributed by atoms with van der Waals surface area (Å²) < 4.78 is 5.36. The van der Waals surface area contributed by atoms with E-state index >= 15 is 0 Å². The van der Waals surface area contributed by atoms with Gasteiger partial charge >= 0.3 is 0 Å². The summed E-state index contributed by atoms with van der Waals surface area (Å²) in [4.78, 5) is 0. The Balaban J connectivity index is 0.00000133. The first kappa shape index (κ1) is 14.1. The molecule has 0 saturated carbocycles. The van der Waals surface area contributed by atoms with Gasteiger partial charge in [-0.3, -0.25) is 0 Å². The second-order valence-electron chi connectivity index (χ2n) is 4.85. The first-order valence-electron chi connectivity index (χ1n) is 6.40. The van der Waals surface area contributed by atoms with Crippen molar-refractivity contribution < 1.29 is 4.42 Å². The Kier molecular flexibility index (Phi) is 4.64. The topological polar surface area (TPSA) is 28.4 Å². The molecule has 1 atom stereocenters. The van der Waals surface area contributed by atoms with Crippen LogP contribution in [0.1, 0.15) is 29.3 Å². The molecule has 0 aliphatic heterocycles. The summed E-state index contributed by atoms with van der Waals surface area (Å²) in [5, 5.41) is 2.10. The molecule has 0 bridgehead atoms. The van der Waals surface area contributed by atoms with E-state index in [1.807, 2.05) is 12.1 Å². The monoisotopic (exact) mass is 278 g/mol. The van der Waals surface area contributed by atoms with E-state index in [1.54, 1.807) is 6.26 Å². The molecule has 0 amide bonds. The van der Waals surface area contributed by atoms with E-state index < -0.39 is 0 Å². The maximum atomic E-state index is 5.36. The highest BCUT2D eigenvalue weighted by Crippen LogP contribution is 2.30. The molecule has 1 aliphatic rings. The van der Waals surface area contributed by atoms with Gasteiger partial charge in [-0.2, -0.15) is 0 Å². The van der Waals surface area contributed by atoms with E-state index in [-0.39, 0.29) is 12.4 Å². The molecule has 1 heterocycles. The minimum absolute atomic E-state index is 0. The van der Waals surface area contributed by atoms with E-state index in [4.69, 9.17) is 4.42 Å². The number of nitrogens with zero attached hydrogens (tertiary/aromatic N) is 1. The van der Waals surface area contributed by atoms with Gasteiger partial charge in [0, 0.05) is 13.1 Å². The highest BCUT2D eigenvalue weighted by atomic mass is 35.5. The van der Waals surface area contributed by atoms with Crippen LogP contribution in [-0.4, -0.2) is 12.1 Å². The van der Waals surface area contributed by atoms with Gasteiger partial charge in [0.25, 0.3) is 0 Å². The predicted octanol–water partition coefficient (Wildman–Crippen LogP) is 3.33. The quantitative estimate of drug-likeness (QED) is 0.870. The number of hydrazine groups is 1. The van der Waals surface area contributed by atoms with E-state index in [1.165, 1.54) is 24.0 Å². The Labute approximate surface area is 120 Å². The molecule has 4 heteroatoms. The summed E-state index contributed by atoms with van der Waals surface area (Å²) in [7, 11) is 2.06. The number of fused-ring (bicyclic) bond motifs is 1. The normalized spacial score (nSPS) is 17.3. The number of hydrogen-bond donors (Lipinski definition) is 1. The van der Waals surface area contributed by atoms with E-state index in [9.17, 15) is 0 Å². The van der Waals surface area contributed by atoms with Gasteiger partial charge in [-0.05, 0) is 36.1 Å². The van der Waals surface area contributed by atoms with Crippen molar-refractivity contribution in [3.63, 3.8) is 0 Å². The Morgan fingerprint density at radius 1 is 1.26 bits per heavy atom. The van der Waals surface area contributed by atoms with Crippen LogP contribution >= 0.6 is 12.4 Å². The van der Waals surface area contributed by atoms with Crippen LogP contribution in [0.3, 0.4) is 0 Å². The minimum atomic E-state index is 0. The van der Waals surface area contributed by atoms with Crippen LogP contribution in [0.5, 0.6) is 0 Å². The molecule has 0 fully saturated rings. The highest BCUT2D eigenvalue weighted by Gasteiger charge is 2.22. The van der Waals surface area contributed by atoms with Crippen molar-refractivity contribution in [3.05, 3.63) is 59.5 Å². The second kappa shape index (κ2) is 6.24. The predicted molar refractivity (Wildman–Crippen MR) is 78.1 cm³/mol. The largest absolute Gasteiger partial charge is 0.468 e. The van der Waals surface area contributed by atoms with Crippen LogP contribution in [-0.2, 0) is 13.0 Å². The van der Waals surface area contributed by atoms with Crippen LogP contribution in [0.4, 0.5) is 0 Å². The molecule has 1 N–H and O–H groups in total. The lowest BCUT2D eigenvalue weighted by Gasteiger charge is -2.22. The zero-order chi connectivity index (χ0) is 12.4. The lowest BCUT2D eigenvalue weighted by molar-refractivity contribution is 0.175. The standard InChI is InChI=1S/C15H18N2O.ClH/c1-17(11-13-6-4-10-18-13)16-15-9-8-12-5-2-3-7-14(12)15;/h2-7,10,15-16H,8-9,11H2,1H3;1H. The molecule has 0 spiro atoms. The van der Waals surface area contributed by atoms with Crippen LogP contribution in [0.15, 0.2) is 47.1 Å². The average molecular weight is 279 g/mol. The molecule has 0 radical (unpaired) electrons. The third kappa shape index (κ3) is 3.18. The first-order chi connectivity index (χ1) is 8.83. The molecule has 0 saturated heterocycles. The zero-order valence-corrected chi connectivity index (χ0v) is 11.8. The van der Waals surface area contributed by atoms with Crippen LogP contribution < -0.4 is 5.43 Å². The summed E-state index contributed by atoms with van der Waals surface area (Å²) in [6, 6.07) is 13.0. The first-order valence-corrected chi connectivity index (χ1v) is 6.40. The number of furan rings is 1. The van der Waals surface area contributed by atoms with Gasteiger partial charge in [-0.1, -0.05) is 24.3 Å². The molecule has 2 aromatic rings. The molecule has 3 nitrogen and oxygen atoms in total. The van der Waals surface area contributed by atoms with Crippen molar-refractivity contribution in [3.8, 4) is 0 Å². The molecule has 1 unspecified atom stereocenters. The molecule has 1 aromatic heterocycles. The summed E-state index contributed by atoms with van der Waals surface area (Å²) in [6.07, 6.45) is 4.05. The molecule has 102 valence electrons. The maximum absolute atomic E-state index is 5.36. The molecule has 1 aromatic carbocycles. The van der Waals surface area contributed by atoms with Crippen molar-refractivity contribution in [2.24, 2.45) is 0 Å². The number of aryl methyl sites for hydroxylation is 1. The second-order valence-corrected chi connectivity index (χ2v) is 4.85. The van der Waals surface area contributed by atoms with E-state index in [2.05, 4.69) is 41.7 Å². The van der Waals surface area contributed by atoms with E-state index in [0.717, 1.165) is 12.3 Å². The lowest BCUT2D eigenvalue weighted by Crippen LogP contribution is -2.36. The Bertz CT molecular complexity index is 513. The fourth-order valence-electron chi connectivity index (χ4n) is 2.64. The Morgan fingerprint density at radius 3 is 2.89 bits per heavy atom. The van der Waals surface area contributed by atoms with Crippen molar-refractivity contribution >= 4 is 12.4 Å². The lowest BCUT2D eigenvalue weighted by atomic mass is 10.1. The molecule has 19 heavy (non-hydrogen) atoms. The van der Waals surface area contributed by atoms with E-state index in [0.29, 0.717) is 6.04 Å². The number of hydrogen-bond acceptors (Lipinski definition) is 3. The van der Waals surface area contributed by atoms with Gasteiger partial charge in [0.05, 0.1) is 12.8 Å². The fraction of sp³-hybridized carbons (Fsp3) is 0.333. The number of benzene rings is 1. The van der Waals surface area contributed by atoms with Gasteiger partial charge in [-0.15, -0.1) is 12.4 Å². The van der Waals surface area contributed by atoms with Crippen molar-refractivity contribution in [1.82, 2.24) is 10.4 Å². The zero-order valence-electron chi connectivity index (χ0n) is 11.0. The molecule has 3 rings (SSSR count).